The minimum atomic E-state index is 0.0449. The molecule has 0 spiro atoms. The van der Waals surface area contributed by atoms with Gasteiger partial charge in [0.25, 0.3) is 0 Å². The zero-order valence-corrected chi connectivity index (χ0v) is 12.7. The summed E-state index contributed by atoms with van der Waals surface area (Å²) in [6.07, 6.45) is 3.44. The Morgan fingerprint density at radius 3 is 2.70 bits per heavy atom. The molecular weight excluding hydrogens is 272 g/mol. The molecule has 0 bridgehead atoms. The van der Waals surface area contributed by atoms with Gasteiger partial charge in [0.1, 0.15) is 5.52 Å². The first kappa shape index (κ1) is 13.0. The van der Waals surface area contributed by atoms with Gasteiger partial charge in [-0.3, -0.25) is 5.32 Å². The fraction of sp³-hybridized carbons (Fsp3) is 0.385. The highest BCUT2D eigenvalue weighted by molar-refractivity contribution is 7.13. The van der Waals surface area contributed by atoms with E-state index < -0.39 is 0 Å². The van der Waals surface area contributed by atoms with Crippen molar-refractivity contribution in [1.29, 1.82) is 0 Å². The second-order valence-corrected chi connectivity index (χ2v) is 6.53. The summed E-state index contributed by atoms with van der Waals surface area (Å²) in [6.45, 7) is 6.43. The maximum Gasteiger partial charge on any atom is 0.231 e. The molecule has 3 aromatic heterocycles. The number of aryl methyl sites for hydroxylation is 1. The monoisotopic (exact) mass is 288 g/mol. The van der Waals surface area contributed by atoms with Gasteiger partial charge in [-0.1, -0.05) is 20.8 Å². The Kier molecular flexibility index (Phi) is 2.93. The number of hydrogen-bond donors (Lipinski definition) is 1. The highest BCUT2D eigenvalue weighted by Gasteiger charge is 2.17. The van der Waals surface area contributed by atoms with Crippen LogP contribution in [0.15, 0.2) is 17.9 Å². The number of aromatic nitrogens is 5. The first-order valence-corrected chi connectivity index (χ1v) is 7.18. The van der Waals surface area contributed by atoms with E-state index in [4.69, 9.17) is 0 Å². The lowest BCUT2D eigenvalue weighted by molar-refractivity contribution is 0.573. The van der Waals surface area contributed by atoms with Crippen molar-refractivity contribution in [2.24, 2.45) is 7.05 Å². The first-order chi connectivity index (χ1) is 9.43. The number of anilines is 2. The number of nitrogens with zero attached hydrogens (tertiary/aromatic N) is 5. The number of nitrogens with one attached hydrogen (secondary N) is 1. The van der Waals surface area contributed by atoms with E-state index in [0.717, 1.165) is 22.0 Å². The van der Waals surface area contributed by atoms with Crippen LogP contribution in [0.4, 0.5) is 11.1 Å². The Morgan fingerprint density at radius 1 is 1.20 bits per heavy atom. The maximum atomic E-state index is 4.57. The minimum Gasteiger partial charge on any atom is -0.318 e. The van der Waals surface area contributed by atoms with Gasteiger partial charge < -0.3 is 4.57 Å². The quantitative estimate of drug-likeness (QED) is 0.785. The third-order valence-electron chi connectivity index (χ3n) is 2.95. The maximum absolute atomic E-state index is 4.57. The van der Waals surface area contributed by atoms with E-state index in [-0.39, 0.29) is 5.41 Å². The lowest BCUT2D eigenvalue weighted by atomic mass is 9.93. The van der Waals surface area contributed by atoms with Crippen LogP contribution in [0.3, 0.4) is 0 Å². The Balaban J connectivity index is 1.89. The SMILES string of the molecule is Cn1cnc2cnc(Nc3nc(C(C)(C)C)cs3)nc21. The molecule has 7 heteroatoms. The molecule has 0 aromatic carbocycles. The lowest BCUT2D eigenvalue weighted by Gasteiger charge is -2.14. The van der Waals surface area contributed by atoms with Crippen LogP contribution >= 0.6 is 11.3 Å². The predicted molar refractivity (Wildman–Crippen MR) is 80.4 cm³/mol. The smallest absolute Gasteiger partial charge is 0.231 e. The predicted octanol–water partition coefficient (Wildman–Crippen LogP) is 2.86. The highest BCUT2D eigenvalue weighted by Crippen LogP contribution is 2.27. The van der Waals surface area contributed by atoms with Crippen molar-refractivity contribution >= 4 is 33.6 Å². The van der Waals surface area contributed by atoms with Crippen molar-refractivity contribution in [2.75, 3.05) is 5.32 Å². The van der Waals surface area contributed by atoms with Crippen molar-refractivity contribution in [2.45, 2.75) is 26.2 Å². The Morgan fingerprint density at radius 2 is 2.00 bits per heavy atom. The number of fused-ring (bicyclic) bond motifs is 1. The second-order valence-electron chi connectivity index (χ2n) is 5.67. The summed E-state index contributed by atoms with van der Waals surface area (Å²) < 4.78 is 1.87. The van der Waals surface area contributed by atoms with Crippen molar-refractivity contribution in [3.8, 4) is 0 Å². The average Bonchev–Trinajstić information content (AvgIpc) is 2.97. The van der Waals surface area contributed by atoms with E-state index in [2.05, 4.69) is 51.4 Å². The second kappa shape index (κ2) is 4.52. The van der Waals surface area contributed by atoms with Crippen LogP contribution < -0.4 is 5.32 Å². The van der Waals surface area contributed by atoms with Gasteiger partial charge in [-0.15, -0.1) is 11.3 Å². The summed E-state index contributed by atoms with van der Waals surface area (Å²) in [7, 11) is 1.91. The van der Waals surface area contributed by atoms with E-state index >= 15 is 0 Å². The van der Waals surface area contributed by atoms with Crippen molar-refractivity contribution in [3.63, 3.8) is 0 Å². The minimum absolute atomic E-state index is 0.0449. The van der Waals surface area contributed by atoms with Gasteiger partial charge in [0.05, 0.1) is 18.2 Å². The summed E-state index contributed by atoms with van der Waals surface area (Å²) in [5, 5.41) is 6.01. The Hall–Kier alpha value is -2.02. The van der Waals surface area contributed by atoms with Crippen LogP contribution in [-0.4, -0.2) is 24.5 Å². The highest BCUT2D eigenvalue weighted by atomic mass is 32.1. The molecule has 0 atom stereocenters. The molecule has 0 aliphatic carbocycles. The van der Waals surface area contributed by atoms with E-state index in [1.165, 1.54) is 0 Å². The van der Waals surface area contributed by atoms with Crippen molar-refractivity contribution < 1.29 is 0 Å². The van der Waals surface area contributed by atoms with Crippen LogP contribution in [-0.2, 0) is 12.5 Å². The molecule has 0 unspecified atom stereocenters. The molecule has 104 valence electrons. The fourth-order valence-electron chi connectivity index (χ4n) is 1.75. The first-order valence-electron chi connectivity index (χ1n) is 6.30. The van der Waals surface area contributed by atoms with Crippen LogP contribution in [0.25, 0.3) is 11.2 Å². The molecule has 0 radical (unpaired) electrons. The van der Waals surface area contributed by atoms with Gasteiger partial charge in [0.2, 0.25) is 5.95 Å². The summed E-state index contributed by atoms with van der Waals surface area (Å²) in [5.74, 6) is 0.538. The largest absolute Gasteiger partial charge is 0.318 e. The Bertz CT molecular complexity index is 752. The van der Waals surface area contributed by atoms with Gasteiger partial charge in [0.15, 0.2) is 10.8 Å². The average molecular weight is 288 g/mol. The molecule has 0 fully saturated rings. The van der Waals surface area contributed by atoms with Crippen LogP contribution in [0.1, 0.15) is 26.5 Å². The van der Waals surface area contributed by atoms with E-state index in [1.807, 2.05) is 11.6 Å². The summed E-state index contributed by atoms with van der Waals surface area (Å²) in [6, 6.07) is 0. The molecule has 0 saturated heterocycles. The zero-order chi connectivity index (χ0) is 14.3. The summed E-state index contributed by atoms with van der Waals surface area (Å²) >= 11 is 1.56. The third-order valence-corrected chi connectivity index (χ3v) is 3.70. The van der Waals surface area contributed by atoms with Crippen molar-refractivity contribution in [3.05, 3.63) is 23.6 Å². The van der Waals surface area contributed by atoms with E-state index in [9.17, 15) is 0 Å². The summed E-state index contributed by atoms with van der Waals surface area (Å²) in [5.41, 5.74) is 2.69. The molecule has 3 aromatic rings. The molecular formula is C13H16N6S. The lowest BCUT2D eigenvalue weighted by Crippen LogP contribution is -2.11. The molecule has 1 N–H and O–H groups in total. The number of hydrogen-bond acceptors (Lipinski definition) is 6. The number of imidazole rings is 1. The third kappa shape index (κ3) is 2.36. The molecule has 0 saturated carbocycles. The molecule has 0 aliphatic heterocycles. The number of thiazole rings is 1. The molecule has 3 heterocycles. The van der Waals surface area contributed by atoms with E-state index in [0.29, 0.717) is 5.95 Å². The van der Waals surface area contributed by atoms with Gasteiger partial charge in [0, 0.05) is 17.8 Å². The molecule has 20 heavy (non-hydrogen) atoms. The van der Waals surface area contributed by atoms with Crippen molar-refractivity contribution in [1.82, 2.24) is 24.5 Å². The van der Waals surface area contributed by atoms with Crippen LogP contribution in [0.5, 0.6) is 0 Å². The topological polar surface area (TPSA) is 68.5 Å². The van der Waals surface area contributed by atoms with Gasteiger partial charge >= 0.3 is 0 Å². The normalized spacial score (nSPS) is 12.0. The van der Waals surface area contributed by atoms with Gasteiger partial charge in [-0.05, 0) is 0 Å². The van der Waals surface area contributed by atoms with Crippen LogP contribution in [0, 0.1) is 0 Å². The standard InChI is InChI=1S/C13H16N6S/c1-13(2,3)9-6-20-12(16-9)18-11-14-5-8-10(17-11)19(4)7-15-8/h5-7H,1-4H3,(H,14,16,17,18). The number of rotatable bonds is 2. The zero-order valence-electron chi connectivity index (χ0n) is 11.9. The molecule has 0 amide bonds. The van der Waals surface area contributed by atoms with E-state index in [1.54, 1.807) is 23.9 Å². The van der Waals surface area contributed by atoms with Gasteiger partial charge in [-0.25, -0.2) is 15.0 Å². The molecule has 0 aliphatic rings. The molecule has 6 nitrogen and oxygen atoms in total. The summed E-state index contributed by atoms with van der Waals surface area (Å²) in [4.78, 5) is 17.5. The van der Waals surface area contributed by atoms with Crippen LogP contribution in [0.2, 0.25) is 0 Å². The molecule has 3 rings (SSSR count). The fourth-order valence-corrected chi connectivity index (χ4v) is 2.68. The Labute approximate surface area is 120 Å². The van der Waals surface area contributed by atoms with Gasteiger partial charge in [-0.2, -0.15) is 4.98 Å².